The number of rotatable bonds is 5. The number of aromatic nitrogens is 2. The number of amidine groups is 2. The van der Waals surface area contributed by atoms with Crippen LogP contribution in [0.5, 0.6) is 0 Å². The molecule has 4 aliphatic heterocycles. The number of nitrogens with one attached hydrogen (secondary N) is 1. The Balaban J connectivity index is 1.31. The number of sulfonamides is 1. The Kier molecular flexibility index (Phi) is 7.71. The molecule has 1 unspecified atom stereocenters. The molecule has 2 aromatic rings. The van der Waals surface area contributed by atoms with Crippen LogP contribution in [0.25, 0.3) is 0 Å². The number of carbonyl (C=O) groups excluding carboxylic acids is 1. The maximum atomic E-state index is 13.4. The first kappa shape index (κ1) is 29.6. The molecule has 0 saturated carbocycles. The molecule has 0 aliphatic carbocycles. The Labute approximate surface area is 256 Å². The largest absolute Gasteiger partial charge is 0.444 e. The second-order valence-electron chi connectivity index (χ2n) is 12.2. The van der Waals surface area contributed by atoms with E-state index in [1.54, 1.807) is 13.9 Å². The maximum absolute atomic E-state index is 13.4. The number of nitrogens with zero attached hydrogens (tertiary/aromatic N) is 7. The fourth-order valence-corrected chi connectivity index (χ4v) is 8.89. The number of hydrogen-bond donors (Lipinski definition) is 1. The number of fused-ring (bicyclic) bond motifs is 1. The maximum Gasteiger partial charge on any atom is 0.410 e. The van der Waals surface area contributed by atoms with Crippen molar-refractivity contribution in [2.24, 2.45) is 17.0 Å². The lowest BCUT2D eigenvalue weighted by atomic mass is 10.1. The third-order valence-electron chi connectivity index (χ3n) is 7.69. The molecule has 0 bridgehead atoms. The normalized spacial score (nSPS) is 21.3. The predicted molar refractivity (Wildman–Crippen MR) is 167 cm³/mol. The molecule has 14 heteroatoms. The Hall–Kier alpha value is -3.49. The van der Waals surface area contributed by atoms with E-state index in [0.717, 1.165) is 24.0 Å². The van der Waals surface area contributed by atoms with Crippen LogP contribution in [0.15, 0.2) is 56.2 Å². The summed E-state index contributed by atoms with van der Waals surface area (Å²) in [6.07, 6.45) is 10.0. The second kappa shape index (κ2) is 11.2. The predicted octanol–water partition coefficient (Wildman–Crippen LogP) is 4.26. The van der Waals surface area contributed by atoms with Crippen molar-refractivity contribution in [3.05, 3.63) is 53.1 Å². The summed E-state index contributed by atoms with van der Waals surface area (Å²) in [5.41, 5.74) is 2.76. The molecule has 2 aromatic heterocycles. The van der Waals surface area contributed by atoms with Crippen molar-refractivity contribution in [3.63, 3.8) is 0 Å². The van der Waals surface area contributed by atoms with E-state index in [1.165, 1.54) is 11.3 Å². The van der Waals surface area contributed by atoms with Crippen LogP contribution in [0, 0.1) is 6.92 Å². The molecule has 1 saturated heterocycles. The molecule has 1 fully saturated rings. The fraction of sp³-hybridized carbons (Fsp3) is 0.517. The van der Waals surface area contributed by atoms with Crippen LogP contribution in [0.3, 0.4) is 0 Å². The molecule has 43 heavy (non-hydrogen) atoms. The van der Waals surface area contributed by atoms with Crippen molar-refractivity contribution >= 4 is 44.1 Å². The van der Waals surface area contributed by atoms with Gasteiger partial charge in [0.25, 0.3) is 10.0 Å². The highest BCUT2D eigenvalue weighted by molar-refractivity contribution is 7.91. The average Bonchev–Trinajstić information content (AvgIpc) is 3.75. The lowest BCUT2D eigenvalue weighted by Gasteiger charge is -2.32. The van der Waals surface area contributed by atoms with Crippen LogP contribution >= 0.6 is 11.3 Å². The minimum Gasteiger partial charge on any atom is -0.444 e. The number of ether oxygens (including phenoxy) is 1. The van der Waals surface area contributed by atoms with Crippen molar-refractivity contribution in [3.8, 4) is 0 Å². The molecule has 4 aliphatic rings. The average molecular weight is 627 g/mol. The molecule has 12 nitrogen and oxygen atoms in total. The van der Waals surface area contributed by atoms with E-state index in [9.17, 15) is 13.2 Å². The zero-order valence-corrected chi connectivity index (χ0v) is 26.8. The van der Waals surface area contributed by atoms with E-state index in [4.69, 9.17) is 14.7 Å². The van der Waals surface area contributed by atoms with Gasteiger partial charge in [-0.25, -0.2) is 18.2 Å². The second-order valence-corrected chi connectivity index (χ2v) is 15.4. The number of carbonyl (C=O) groups is 1. The van der Waals surface area contributed by atoms with Gasteiger partial charge in [-0.1, -0.05) is 6.08 Å². The zero-order valence-electron chi connectivity index (χ0n) is 25.2. The Bertz CT molecular complexity index is 1650. The SMILES string of the molecule is Cc1cc(NC2=NC(C3=CCCN(C(=O)OC(C)(C)C)C3)=CN3C2=NCC3c2cnn(C)c2)sc1S(=O)(=O)N1CCCC1. The summed E-state index contributed by atoms with van der Waals surface area (Å²) in [5.74, 6) is 1.21. The molecule has 1 atom stereocenters. The van der Waals surface area contributed by atoms with Gasteiger partial charge in [0.2, 0.25) is 0 Å². The monoisotopic (exact) mass is 626 g/mol. The lowest BCUT2D eigenvalue weighted by Crippen LogP contribution is -2.41. The first-order chi connectivity index (χ1) is 20.4. The van der Waals surface area contributed by atoms with Gasteiger partial charge in [0.1, 0.15) is 9.81 Å². The lowest BCUT2D eigenvalue weighted by molar-refractivity contribution is 0.0263. The Morgan fingerprint density at radius 2 is 1.95 bits per heavy atom. The van der Waals surface area contributed by atoms with Gasteiger partial charge in [-0.3, -0.25) is 9.67 Å². The van der Waals surface area contributed by atoms with E-state index >= 15 is 0 Å². The minimum atomic E-state index is -3.55. The first-order valence-corrected chi connectivity index (χ1v) is 16.8. The van der Waals surface area contributed by atoms with Crippen molar-refractivity contribution in [1.82, 2.24) is 23.9 Å². The number of aryl methyl sites for hydroxylation is 2. The molecule has 0 spiro atoms. The number of thiophene rings is 1. The highest BCUT2D eigenvalue weighted by Crippen LogP contribution is 2.37. The van der Waals surface area contributed by atoms with Crippen molar-refractivity contribution in [2.45, 2.75) is 62.8 Å². The van der Waals surface area contributed by atoms with Crippen LogP contribution < -0.4 is 5.32 Å². The minimum absolute atomic E-state index is 0.0756. The zero-order chi connectivity index (χ0) is 30.5. The standard InChI is InChI=1S/C29H38N8O4S2/c1-19-13-24(42-27(19)43(39,40)36-11-6-7-12-36)33-25-26-30-15-23(21-14-31-34(5)16-21)37(26)18-22(32-25)20-9-8-10-35(17-20)28(38)41-29(2,3)4/h9,13-14,16,18,23H,6-8,10-12,15,17H2,1-5H3,(H,32,33). The third kappa shape index (κ3) is 6.00. The molecule has 230 valence electrons. The molecule has 0 radical (unpaired) electrons. The van der Waals surface area contributed by atoms with E-state index in [-0.39, 0.29) is 12.1 Å². The van der Waals surface area contributed by atoms with E-state index in [1.807, 2.05) is 59.4 Å². The van der Waals surface area contributed by atoms with Gasteiger partial charge in [0.15, 0.2) is 11.7 Å². The van der Waals surface area contributed by atoms with Crippen molar-refractivity contribution in [1.29, 1.82) is 0 Å². The molecule has 0 aromatic carbocycles. The summed E-state index contributed by atoms with van der Waals surface area (Å²) in [7, 11) is -1.67. The molecule has 6 rings (SSSR count). The number of hydrogen-bond acceptors (Lipinski definition) is 10. The van der Waals surface area contributed by atoms with Crippen LogP contribution in [-0.2, 0) is 21.8 Å². The van der Waals surface area contributed by atoms with Gasteiger partial charge in [0.05, 0.1) is 36.0 Å². The third-order valence-corrected chi connectivity index (χ3v) is 11.4. The highest BCUT2D eigenvalue weighted by Gasteiger charge is 2.37. The molecule has 6 heterocycles. The fourth-order valence-electron chi connectivity index (χ4n) is 5.64. The van der Waals surface area contributed by atoms with Gasteiger partial charge < -0.3 is 19.9 Å². The quantitative estimate of drug-likeness (QED) is 0.526. The van der Waals surface area contributed by atoms with Gasteiger partial charge in [0, 0.05) is 44.6 Å². The van der Waals surface area contributed by atoms with Crippen molar-refractivity contribution in [2.75, 3.05) is 38.0 Å². The Morgan fingerprint density at radius 1 is 1.19 bits per heavy atom. The van der Waals surface area contributed by atoms with Gasteiger partial charge in [-0.15, -0.1) is 11.3 Å². The highest BCUT2D eigenvalue weighted by atomic mass is 32.2. The van der Waals surface area contributed by atoms with Gasteiger partial charge in [-0.05, 0) is 64.2 Å². The van der Waals surface area contributed by atoms with Crippen molar-refractivity contribution < 1.29 is 17.9 Å². The summed E-state index contributed by atoms with van der Waals surface area (Å²) in [5, 5.41) is 8.45. The number of anilines is 1. The summed E-state index contributed by atoms with van der Waals surface area (Å²) in [4.78, 5) is 26.5. The molecule has 1 amide bonds. The summed E-state index contributed by atoms with van der Waals surface area (Å²) in [6.45, 7) is 9.97. The number of aliphatic imine (C=N–C) groups is 2. The Morgan fingerprint density at radius 3 is 2.65 bits per heavy atom. The van der Waals surface area contributed by atoms with Gasteiger partial charge >= 0.3 is 6.09 Å². The first-order valence-electron chi connectivity index (χ1n) is 14.6. The summed E-state index contributed by atoms with van der Waals surface area (Å²) < 4.78 is 36.0. The van der Waals surface area contributed by atoms with E-state index < -0.39 is 15.6 Å². The molecular weight excluding hydrogens is 589 g/mol. The van der Waals surface area contributed by atoms with Gasteiger partial charge in [-0.2, -0.15) is 9.40 Å². The van der Waals surface area contributed by atoms with E-state index in [0.29, 0.717) is 71.3 Å². The van der Waals surface area contributed by atoms with Crippen LogP contribution in [0.4, 0.5) is 9.80 Å². The number of amides is 1. The van der Waals surface area contributed by atoms with Crippen LogP contribution in [-0.4, -0.2) is 88.4 Å². The smallest absolute Gasteiger partial charge is 0.410 e. The summed E-state index contributed by atoms with van der Waals surface area (Å²) >= 11 is 1.22. The topological polar surface area (TPSA) is 125 Å². The van der Waals surface area contributed by atoms with E-state index in [2.05, 4.69) is 21.4 Å². The molecular formula is C29H38N8O4S2. The molecule has 1 N–H and O–H groups in total. The van der Waals surface area contributed by atoms with Crippen LogP contribution in [0.1, 0.15) is 57.2 Å². The summed E-state index contributed by atoms with van der Waals surface area (Å²) in [6, 6.07) is 1.78. The van der Waals surface area contributed by atoms with Crippen LogP contribution in [0.2, 0.25) is 0 Å².